The number of aromatic nitrogens is 3. The summed E-state index contributed by atoms with van der Waals surface area (Å²) in [4.78, 5) is 25.3. The van der Waals surface area contributed by atoms with E-state index in [-0.39, 0.29) is 24.1 Å². The molecule has 1 amide bonds. The number of aryl methyl sites for hydroxylation is 1. The molecule has 7 nitrogen and oxygen atoms in total. The van der Waals surface area contributed by atoms with Crippen molar-refractivity contribution < 1.29 is 9.21 Å². The Balaban J connectivity index is 1.65. The first-order valence-electron chi connectivity index (χ1n) is 9.36. The van der Waals surface area contributed by atoms with Crippen LogP contribution in [0.25, 0.3) is 16.6 Å². The molecule has 3 heterocycles. The summed E-state index contributed by atoms with van der Waals surface area (Å²) >= 11 is 0. The van der Waals surface area contributed by atoms with E-state index in [1.54, 1.807) is 12.3 Å². The van der Waals surface area contributed by atoms with Crippen molar-refractivity contribution in [2.45, 2.75) is 58.5 Å². The van der Waals surface area contributed by atoms with Gasteiger partial charge in [-0.05, 0) is 18.8 Å². The van der Waals surface area contributed by atoms with Gasteiger partial charge in [0.05, 0.1) is 11.8 Å². The molecule has 0 aliphatic heterocycles. The number of nitrogens with one attached hydrogen (secondary N) is 1. The fraction of sp³-hybridized carbons (Fsp3) is 0.526. The minimum Gasteiger partial charge on any atom is -0.463 e. The van der Waals surface area contributed by atoms with E-state index in [0.717, 1.165) is 30.6 Å². The van der Waals surface area contributed by atoms with Crippen molar-refractivity contribution in [3.8, 4) is 0 Å². The van der Waals surface area contributed by atoms with Gasteiger partial charge >= 0.3 is 0 Å². The maximum atomic E-state index is 12.8. The van der Waals surface area contributed by atoms with E-state index in [1.165, 1.54) is 11.1 Å². The van der Waals surface area contributed by atoms with E-state index < -0.39 is 0 Å². The fourth-order valence-corrected chi connectivity index (χ4v) is 3.98. The average Bonchev–Trinajstić information content (AvgIpc) is 3.21. The molecule has 0 radical (unpaired) electrons. The molecule has 1 saturated carbocycles. The number of carbonyl (C=O) groups is 1. The van der Waals surface area contributed by atoms with Crippen LogP contribution in [-0.4, -0.2) is 26.1 Å². The van der Waals surface area contributed by atoms with Crippen LogP contribution in [0.15, 0.2) is 27.6 Å². The number of carbonyl (C=O) groups excluding carboxylic acids is 1. The molecule has 3 aromatic heterocycles. The maximum Gasteiger partial charge on any atom is 0.291 e. The van der Waals surface area contributed by atoms with Gasteiger partial charge in [-0.1, -0.05) is 26.7 Å². The SMILES string of the molecule is CCc1nn(CC(=O)N[C@H]2CCCC[C@@H]2C)c(=O)c2cc3occc3n12. The Morgan fingerprint density at radius 3 is 2.92 bits per heavy atom. The van der Waals surface area contributed by atoms with Gasteiger partial charge in [0.1, 0.15) is 17.9 Å². The molecule has 0 bridgehead atoms. The summed E-state index contributed by atoms with van der Waals surface area (Å²) < 4.78 is 8.51. The van der Waals surface area contributed by atoms with Crippen molar-refractivity contribution in [2.75, 3.05) is 0 Å². The third-order valence-corrected chi connectivity index (χ3v) is 5.44. The lowest BCUT2D eigenvalue weighted by Crippen LogP contribution is -2.44. The van der Waals surface area contributed by atoms with Gasteiger partial charge in [-0.2, -0.15) is 5.10 Å². The van der Waals surface area contributed by atoms with Crippen molar-refractivity contribution in [2.24, 2.45) is 5.92 Å². The molecule has 1 aliphatic rings. The van der Waals surface area contributed by atoms with Crippen LogP contribution in [0.1, 0.15) is 45.4 Å². The molecule has 0 spiro atoms. The Morgan fingerprint density at radius 2 is 2.15 bits per heavy atom. The number of furan rings is 1. The van der Waals surface area contributed by atoms with Crippen molar-refractivity contribution in [3.05, 3.63) is 34.6 Å². The van der Waals surface area contributed by atoms with Crippen molar-refractivity contribution in [1.82, 2.24) is 19.5 Å². The Morgan fingerprint density at radius 1 is 1.35 bits per heavy atom. The second-order valence-electron chi connectivity index (χ2n) is 7.20. The Bertz CT molecular complexity index is 1010. The summed E-state index contributed by atoms with van der Waals surface area (Å²) in [6, 6.07) is 3.73. The van der Waals surface area contributed by atoms with Crippen LogP contribution in [0.5, 0.6) is 0 Å². The predicted octanol–water partition coefficient (Wildman–Crippen LogP) is 2.50. The first-order valence-corrected chi connectivity index (χ1v) is 9.36. The molecular weight excluding hydrogens is 332 g/mol. The van der Waals surface area contributed by atoms with Gasteiger partial charge in [-0.25, -0.2) is 4.68 Å². The smallest absolute Gasteiger partial charge is 0.291 e. The highest BCUT2D eigenvalue weighted by molar-refractivity contribution is 5.82. The molecule has 1 aliphatic carbocycles. The van der Waals surface area contributed by atoms with Crippen LogP contribution in [0, 0.1) is 5.92 Å². The van der Waals surface area contributed by atoms with Crippen LogP contribution < -0.4 is 10.9 Å². The summed E-state index contributed by atoms with van der Waals surface area (Å²) in [6.45, 7) is 4.09. The van der Waals surface area contributed by atoms with Gasteiger partial charge in [0, 0.05) is 24.6 Å². The lowest BCUT2D eigenvalue weighted by Gasteiger charge is -2.29. The van der Waals surface area contributed by atoms with Crippen LogP contribution in [-0.2, 0) is 17.8 Å². The molecule has 1 N–H and O–H groups in total. The van der Waals surface area contributed by atoms with Gasteiger partial charge in [0.25, 0.3) is 5.56 Å². The van der Waals surface area contributed by atoms with Gasteiger partial charge in [-0.15, -0.1) is 0 Å². The van der Waals surface area contributed by atoms with E-state index in [1.807, 2.05) is 17.4 Å². The van der Waals surface area contributed by atoms with Gasteiger partial charge in [-0.3, -0.25) is 14.0 Å². The number of hydrogen-bond acceptors (Lipinski definition) is 4. The van der Waals surface area contributed by atoms with Crippen molar-refractivity contribution in [1.29, 1.82) is 0 Å². The van der Waals surface area contributed by atoms with E-state index in [0.29, 0.717) is 23.4 Å². The highest BCUT2D eigenvalue weighted by atomic mass is 16.3. The van der Waals surface area contributed by atoms with Crippen molar-refractivity contribution >= 4 is 22.5 Å². The molecule has 3 aromatic rings. The molecule has 2 atom stereocenters. The van der Waals surface area contributed by atoms with Crippen LogP contribution in [0.3, 0.4) is 0 Å². The zero-order valence-electron chi connectivity index (χ0n) is 15.2. The molecule has 4 rings (SSSR count). The van der Waals surface area contributed by atoms with Crippen LogP contribution in [0.4, 0.5) is 0 Å². The minimum atomic E-state index is -0.277. The van der Waals surface area contributed by atoms with Gasteiger partial charge in [0.2, 0.25) is 5.91 Å². The summed E-state index contributed by atoms with van der Waals surface area (Å²) in [5, 5.41) is 7.53. The molecule has 26 heavy (non-hydrogen) atoms. The Labute approximate surface area is 151 Å². The molecule has 0 aromatic carbocycles. The van der Waals surface area contributed by atoms with E-state index in [4.69, 9.17) is 4.42 Å². The standard InChI is InChI=1S/C19H24N4O3/c1-3-17-21-22(11-18(24)20-13-7-5-4-6-12(13)2)19(25)15-10-16-14(23(15)17)8-9-26-16/h8-10,12-13H,3-7,11H2,1-2H3,(H,20,24)/t12-,13-/m0/s1. The lowest BCUT2D eigenvalue weighted by atomic mass is 9.86. The minimum absolute atomic E-state index is 0.0574. The monoisotopic (exact) mass is 356 g/mol. The summed E-state index contributed by atoms with van der Waals surface area (Å²) in [5.74, 6) is 1.05. The highest BCUT2D eigenvalue weighted by Gasteiger charge is 2.23. The first kappa shape index (κ1) is 16.9. The molecule has 0 saturated heterocycles. The molecule has 0 unspecified atom stereocenters. The van der Waals surface area contributed by atoms with Gasteiger partial charge < -0.3 is 9.73 Å². The summed E-state index contributed by atoms with van der Waals surface area (Å²) in [5.41, 5.74) is 1.69. The molecular formula is C19H24N4O3. The van der Waals surface area contributed by atoms with Crippen LogP contribution >= 0.6 is 0 Å². The van der Waals surface area contributed by atoms with E-state index in [9.17, 15) is 9.59 Å². The molecule has 1 fully saturated rings. The second-order valence-corrected chi connectivity index (χ2v) is 7.20. The lowest BCUT2D eigenvalue weighted by molar-refractivity contribution is -0.123. The zero-order valence-corrected chi connectivity index (χ0v) is 15.2. The van der Waals surface area contributed by atoms with E-state index >= 15 is 0 Å². The third kappa shape index (κ3) is 2.81. The number of hydrogen-bond donors (Lipinski definition) is 1. The Kier molecular flexibility index (Phi) is 4.30. The average molecular weight is 356 g/mol. The number of fused-ring (bicyclic) bond motifs is 3. The predicted molar refractivity (Wildman–Crippen MR) is 98.2 cm³/mol. The summed E-state index contributed by atoms with van der Waals surface area (Å²) in [7, 11) is 0. The molecule has 7 heteroatoms. The quantitative estimate of drug-likeness (QED) is 0.779. The number of amides is 1. The second kappa shape index (κ2) is 6.63. The fourth-order valence-electron chi connectivity index (χ4n) is 3.98. The first-order chi connectivity index (χ1) is 12.6. The number of rotatable bonds is 4. The topological polar surface area (TPSA) is 81.5 Å². The van der Waals surface area contributed by atoms with Gasteiger partial charge in [0.15, 0.2) is 5.58 Å². The third-order valence-electron chi connectivity index (χ3n) is 5.44. The van der Waals surface area contributed by atoms with Crippen molar-refractivity contribution in [3.63, 3.8) is 0 Å². The highest BCUT2D eigenvalue weighted by Crippen LogP contribution is 2.24. The molecule has 138 valence electrons. The van der Waals surface area contributed by atoms with Crippen LogP contribution in [0.2, 0.25) is 0 Å². The largest absolute Gasteiger partial charge is 0.463 e. The number of nitrogens with zero attached hydrogens (tertiary/aromatic N) is 3. The van der Waals surface area contributed by atoms with E-state index in [2.05, 4.69) is 17.3 Å². The maximum absolute atomic E-state index is 12.8. The summed E-state index contributed by atoms with van der Waals surface area (Å²) in [6.07, 6.45) is 6.75. The Hall–Kier alpha value is -2.57. The normalized spacial score (nSPS) is 20.7. The zero-order chi connectivity index (χ0) is 18.3.